The summed E-state index contributed by atoms with van der Waals surface area (Å²) in [6, 6.07) is 17.7. The lowest BCUT2D eigenvalue weighted by molar-refractivity contribution is -0.135. The Bertz CT molecular complexity index is 2470. The van der Waals surface area contributed by atoms with Crippen molar-refractivity contribution >= 4 is 51.4 Å². The van der Waals surface area contributed by atoms with E-state index < -0.39 is 23.8 Å². The second-order valence-electron chi connectivity index (χ2n) is 16.0. The molecule has 3 atom stereocenters. The van der Waals surface area contributed by atoms with Crippen LogP contribution in [-0.2, 0) is 19.1 Å². The Morgan fingerprint density at radius 3 is 2.40 bits per heavy atom. The average molecular weight is 815 g/mol. The van der Waals surface area contributed by atoms with E-state index >= 15 is 0 Å². The lowest BCUT2D eigenvalue weighted by Crippen LogP contribution is -2.60. The van der Waals surface area contributed by atoms with Crippen LogP contribution in [0.2, 0.25) is 0 Å². The number of hydrogen-bond donors (Lipinski definition) is 5. The Morgan fingerprint density at radius 2 is 1.67 bits per heavy atom. The maximum absolute atomic E-state index is 13.5. The number of rotatable bonds is 13. The van der Waals surface area contributed by atoms with Crippen LogP contribution < -0.4 is 16.0 Å². The molecule has 5 N–H and O–H groups in total. The first-order chi connectivity index (χ1) is 28.7. The first kappa shape index (κ1) is 43.0. The Kier molecular flexibility index (Phi) is 13.3. The Hall–Kier alpha value is -6.62. The summed E-state index contributed by atoms with van der Waals surface area (Å²) in [5.74, 6) is 7.09. The number of nitrogens with zero attached hydrogens (tertiary/aromatic N) is 3. The lowest BCUT2D eigenvalue weighted by Gasteiger charge is -2.32. The molecule has 1 aliphatic heterocycles. The fraction of sp³-hybridized carbons (Fsp3) is 0.391. The van der Waals surface area contributed by atoms with Gasteiger partial charge in [-0.1, -0.05) is 64.5 Å². The number of carbonyl (C=O) groups is 4. The van der Waals surface area contributed by atoms with Crippen molar-refractivity contribution in [2.75, 3.05) is 27.3 Å². The van der Waals surface area contributed by atoms with Gasteiger partial charge in [-0.15, -0.1) is 0 Å². The molecule has 2 aromatic heterocycles. The van der Waals surface area contributed by atoms with Crippen LogP contribution in [0.5, 0.6) is 0 Å². The second-order valence-corrected chi connectivity index (χ2v) is 16.0. The van der Waals surface area contributed by atoms with E-state index in [1.165, 1.54) is 14.2 Å². The third-order valence-corrected chi connectivity index (χ3v) is 11.3. The summed E-state index contributed by atoms with van der Waals surface area (Å²) < 4.78 is 9.45. The van der Waals surface area contributed by atoms with Gasteiger partial charge in [-0.25, -0.2) is 19.6 Å². The minimum Gasteiger partial charge on any atom is -0.453 e. The topological polar surface area (TPSA) is 183 Å². The average Bonchev–Trinajstić information content (AvgIpc) is 4.02. The molecule has 14 nitrogen and oxygen atoms in total. The molecule has 3 heterocycles. The molecule has 0 saturated carbocycles. The molecular weight excluding hydrogens is 761 g/mol. The highest BCUT2D eigenvalue weighted by Gasteiger charge is 2.39. The summed E-state index contributed by atoms with van der Waals surface area (Å²) in [6.45, 7) is 14.4. The minimum absolute atomic E-state index is 0.113. The van der Waals surface area contributed by atoms with Crippen LogP contribution in [0.1, 0.15) is 89.3 Å². The number of allylic oxidation sites excluding steroid dienone is 1. The van der Waals surface area contributed by atoms with Crippen molar-refractivity contribution in [1.82, 2.24) is 40.8 Å². The van der Waals surface area contributed by atoms with Gasteiger partial charge in [0.15, 0.2) is 0 Å². The van der Waals surface area contributed by atoms with Gasteiger partial charge in [0.2, 0.25) is 11.8 Å². The number of methoxy groups -OCH3 is 2. The van der Waals surface area contributed by atoms with Gasteiger partial charge in [-0.2, -0.15) is 0 Å². The highest BCUT2D eigenvalue weighted by molar-refractivity contribution is 5.91. The van der Waals surface area contributed by atoms with Crippen LogP contribution in [0.4, 0.5) is 9.59 Å². The quantitative estimate of drug-likeness (QED) is 0.0609. The SMILES string of the molecule is C=C(CCCNC(=O)[C@@](C)(NC(=O)OC)C(C)C)c1nc2cc(-c3ccc4cc(C#Cc5c[nH]c([C@@H]6CCCN6C(=O)[C@@H](NC(=O)OC)C(C)C)n5)ccc4c3)ccc2[nH]1. The number of alkyl carbamates (subject to hydrolysis) is 2. The summed E-state index contributed by atoms with van der Waals surface area (Å²) in [4.78, 5) is 68.2. The zero-order chi connectivity index (χ0) is 43.1. The number of carbonyl (C=O) groups excluding carboxylic acids is 4. The number of imidazole rings is 2. The van der Waals surface area contributed by atoms with Crippen molar-refractivity contribution in [3.05, 3.63) is 90.3 Å². The normalized spacial score (nSPS) is 15.3. The van der Waals surface area contributed by atoms with E-state index in [0.717, 1.165) is 56.9 Å². The zero-order valence-electron chi connectivity index (χ0n) is 35.3. The number of hydrogen-bond acceptors (Lipinski definition) is 8. The van der Waals surface area contributed by atoms with E-state index in [4.69, 9.17) is 19.4 Å². The minimum atomic E-state index is -1.10. The number of amides is 4. The van der Waals surface area contributed by atoms with Crippen LogP contribution in [0, 0.1) is 23.7 Å². The lowest BCUT2D eigenvalue weighted by atomic mass is 9.87. The molecule has 0 radical (unpaired) electrons. The van der Waals surface area contributed by atoms with Gasteiger partial charge in [0, 0.05) is 24.8 Å². The third kappa shape index (κ3) is 9.63. The van der Waals surface area contributed by atoms with Gasteiger partial charge in [0.1, 0.15) is 28.9 Å². The number of H-pyrrole nitrogens is 2. The molecule has 4 amide bonds. The number of ether oxygens (including phenoxy) is 2. The molecule has 1 aliphatic rings. The number of likely N-dealkylation sites (tertiary alicyclic amines) is 1. The van der Waals surface area contributed by atoms with Crippen molar-refractivity contribution in [3.63, 3.8) is 0 Å². The Labute approximate surface area is 350 Å². The molecule has 60 heavy (non-hydrogen) atoms. The smallest absolute Gasteiger partial charge is 0.407 e. The van der Waals surface area contributed by atoms with Crippen molar-refractivity contribution < 1.29 is 28.7 Å². The molecule has 14 heteroatoms. The molecule has 3 aromatic carbocycles. The van der Waals surface area contributed by atoms with E-state index in [0.29, 0.717) is 43.3 Å². The van der Waals surface area contributed by atoms with Crippen LogP contribution >= 0.6 is 0 Å². The molecule has 6 rings (SSSR count). The van der Waals surface area contributed by atoms with Crippen molar-refractivity contribution in [2.45, 2.75) is 77.9 Å². The van der Waals surface area contributed by atoms with Gasteiger partial charge >= 0.3 is 12.2 Å². The number of nitrogens with one attached hydrogen (secondary N) is 5. The van der Waals surface area contributed by atoms with Crippen LogP contribution in [0.25, 0.3) is 38.5 Å². The summed E-state index contributed by atoms with van der Waals surface area (Å²) in [6.07, 6.45) is 3.34. The summed E-state index contributed by atoms with van der Waals surface area (Å²) >= 11 is 0. The van der Waals surface area contributed by atoms with Crippen molar-refractivity contribution in [1.29, 1.82) is 0 Å². The van der Waals surface area contributed by atoms with E-state index in [2.05, 4.69) is 86.8 Å². The van der Waals surface area contributed by atoms with Crippen LogP contribution in [0.3, 0.4) is 0 Å². The van der Waals surface area contributed by atoms with E-state index in [-0.39, 0.29) is 29.7 Å². The fourth-order valence-corrected chi connectivity index (χ4v) is 7.29. The molecule has 0 spiro atoms. The van der Waals surface area contributed by atoms with Crippen LogP contribution in [0.15, 0.2) is 67.4 Å². The van der Waals surface area contributed by atoms with Gasteiger partial charge in [-0.3, -0.25) is 9.59 Å². The molecule has 5 aromatic rings. The number of fused-ring (bicyclic) bond motifs is 2. The maximum Gasteiger partial charge on any atom is 0.407 e. The van der Waals surface area contributed by atoms with Crippen molar-refractivity contribution in [3.8, 4) is 23.0 Å². The van der Waals surface area contributed by atoms with E-state index in [9.17, 15) is 19.2 Å². The Balaban J connectivity index is 1.07. The largest absolute Gasteiger partial charge is 0.453 e. The number of benzene rings is 3. The number of aromatic amines is 2. The van der Waals surface area contributed by atoms with Gasteiger partial charge in [0.05, 0.1) is 31.3 Å². The molecule has 1 saturated heterocycles. The predicted octanol–water partition coefficient (Wildman–Crippen LogP) is 7.23. The molecule has 0 aliphatic carbocycles. The van der Waals surface area contributed by atoms with Gasteiger partial charge in [0.25, 0.3) is 0 Å². The summed E-state index contributed by atoms with van der Waals surface area (Å²) in [7, 11) is 2.55. The first-order valence-corrected chi connectivity index (χ1v) is 20.3. The van der Waals surface area contributed by atoms with Crippen molar-refractivity contribution in [2.24, 2.45) is 11.8 Å². The van der Waals surface area contributed by atoms with E-state index in [1.807, 2.05) is 39.8 Å². The molecular formula is C46H54N8O6. The highest BCUT2D eigenvalue weighted by Crippen LogP contribution is 2.32. The Morgan fingerprint density at radius 1 is 0.950 bits per heavy atom. The maximum atomic E-state index is 13.5. The van der Waals surface area contributed by atoms with Crippen LogP contribution in [-0.4, -0.2) is 87.7 Å². The standard InChI is InChI=1S/C46H54N8O6/c1-27(2)39(52-44(57)59-7)42(55)54-22-10-12-38(54)41-48-26-35(49-41)19-14-30-13-15-32-24-33(17-16-31(32)23-30)34-18-20-36-37(25-34)51-40(50-36)29(5)11-9-21-47-43(56)46(6,28(3)4)53-45(58)60-8/h13,15-18,20,23-28,38-39H,5,9-12,21-22H2,1-4,6-8H3,(H,47,56)(H,48,49)(H,50,51)(H,52,57)(H,53,58)/t38-,39-,46-/m0/s1. The second kappa shape index (κ2) is 18.5. The summed E-state index contributed by atoms with van der Waals surface area (Å²) in [5.41, 5.74) is 4.98. The summed E-state index contributed by atoms with van der Waals surface area (Å²) in [5, 5.41) is 10.4. The molecule has 314 valence electrons. The monoisotopic (exact) mass is 814 g/mol. The molecule has 0 bridgehead atoms. The predicted molar refractivity (Wildman–Crippen MR) is 232 cm³/mol. The highest BCUT2D eigenvalue weighted by atomic mass is 16.5. The molecule has 0 unspecified atom stereocenters. The fourth-order valence-electron chi connectivity index (χ4n) is 7.29. The zero-order valence-corrected chi connectivity index (χ0v) is 35.3. The first-order valence-electron chi connectivity index (χ1n) is 20.3. The molecule has 1 fully saturated rings. The van der Waals surface area contributed by atoms with E-state index in [1.54, 1.807) is 18.0 Å². The van der Waals surface area contributed by atoms with Gasteiger partial charge in [-0.05, 0) is 108 Å². The van der Waals surface area contributed by atoms with Gasteiger partial charge < -0.3 is 40.3 Å². The third-order valence-electron chi connectivity index (χ3n) is 11.3. The number of aromatic nitrogens is 4.